The number of carbonyl (C=O) groups excluding carboxylic acids is 1. The summed E-state index contributed by atoms with van der Waals surface area (Å²) in [6, 6.07) is 1.65. The minimum absolute atomic E-state index is 0.0886. The third-order valence-electron chi connectivity index (χ3n) is 3.40. The second kappa shape index (κ2) is 5.67. The molecule has 2 rings (SSSR count). The summed E-state index contributed by atoms with van der Waals surface area (Å²) < 4.78 is 0. The first-order chi connectivity index (χ1) is 8.59. The standard InChI is InChI=1S/C13H18ClN3O/c14-10-4-7-16-9-11(10)17-12(18)8-13(15)5-2-1-3-6-13/h4,7,9H,1-3,5-6,8,15H2,(H,17,18). The van der Waals surface area contributed by atoms with Crippen molar-refractivity contribution in [2.75, 3.05) is 5.32 Å². The Labute approximate surface area is 112 Å². The van der Waals surface area contributed by atoms with Crippen molar-refractivity contribution < 1.29 is 4.79 Å². The second-order valence-corrected chi connectivity index (χ2v) is 5.41. The third-order valence-corrected chi connectivity index (χ3v) is 3.73. The fraction of sp³-hybridized carbons (Fsp3) is 0.538. The van der Waals surface area contributed by atoms with E-state index in [9.17, 15) is 4.79 Å². The van der Waals surface area contributed by atoms with Gasteiger partial charge in [0.1, 0.15) is 0 Å². The van der Waals surface area contributed by atoms with Crippen LogP contribution < -0.4 is 11.1 Å². The van der Waals surface area contributed by atoms with Crippen molar-refractivity contribution in [2.45, 2.75) is 44.1 Å². The van der Waals surface area contributed by atoms with Crippen molar-refractivity contribution in [1.82, 2.24) is 4.98 Å². The van der Waals surface area contributed by atoms with Gasteiger partial charge in [-0.3, -0.25) is 9.78 Å². The Morgan fingerprint density at radius 3 is 2.83 bits per heavy atom. The number of nitrogens with one attached hydrogen (secondary N) is 1. The lowest BCUT2D eigenvalue weighted by Gasteiger charge is -2.32. The summed E-state index contributed by atoms with van der Waals surface area (Å²) in [5, 5.41) is 3.26. The number of anilines is 1. The summed E-state index contributed by atoms with van der Waals surface area (Å²) in [5.74, 6) is -0.0886. The molecular formula is C13H18ClN3O. The average Bonchev–Trinajstić information content (AvgIpc) is 2.32. The number of carbonyl (C=O) groups is 1. The number of halogens is 1. The zero-order valence-corrected chi connectivity index (χ0v) is 11.0. The molecule has 0 radical (unpaired) electrons. The number of nitrogens with zero attached hydrogens (tertiary/aromatic N) is 1. The zero-order chi connectivity index (χ0) is 13.0. The monoisotopic (exact) mass is 267 g/mol. The molecule has 0 aliphatic heterocycles. The Hall–Kier alpha value is -1.13. The highest BCUT2D eigenvalue weighted by Crippen LogP contribution is 2.29. The van der Waals surface area contributed by atoms with E-state index in [2.05, 4.69) is 10.3 Å². The molecule has 0 spiro atoms. The number of aromatic nitrogens is 1. The quantitative estimate of drug-likeness (QED) is 0.885. The van der Waals surface area contributed by atoms with Crippen molar-refractivity contribution >= 4 is 23.2 Å². The SMILES string of the molecule is NC1(CC(=O)Nc2cnccc2Cl)CCCCC1. The molecule has 1 saturated carbocycles. The molecule has 1 aromatic rings. The molecule has 1 aromatic heterocycles. The van der Waals surface area contributed by atoms with Gasteiger partial charge in [0.05, 0.1) is 16.9 Å². The zero-order valence-electron chi connectivity index (χ0n) is 10.3. The Morgan fingerprint density at radius 2 is 2.17 bits per heavy atom. The first-order valence-electron chi connectivity index (χ1n) is 6.27. The second-order valence-electron chi connectivity index (χ2n) is 5.00. The third kappa shape index (κ3) is 3.43. The largest absolute Gasteiger partial charge is 0.325 e. The molecule has 4 nitrogen and oxygen atoms in total. The maximum atomic E-state index is 12.0. The van der Waals surface area contributed by atoms with Crippen LogP contribution in [0.25, 0.3) is 0 Å². The molecule has 0 bridgehead atoms. The Kier molecular flexibility index (Phi) is 4.19. The van der Waals surface area contributed by atoms with Crippen molar-refractivity contribution in [3.63, 3.8) is 0 Å². The van der Waals surface area contributed by atoms with Crippen LogP contribution in [0.15, 0.2) is 18.5 Å². The summed E-state index contributed by atoms with van der Waals surface area (Å²) in [4.78, 5) is 15.9. The Balaban J connectivity index is 1.94. The van der Waals surface area contributed by atoms with Crippen LogP contribution in [0.5, 0.6) is 0 Å². The highest BCUT2D eigenvalue weighted by atomic mass is 35.5. The van der Waals surface area contributed by atoms with E-state index >= 15 is 0 Å². The van der Waals surface area contributed by atoms with Gasteiger partial charge in [0.2, 0.25) is 5.91 Å². The van der Waals surface area contributed by atoms with Crippen LogP contribution in [0.3, 0.4) is 0 Å². The van der Waals surface area contributed by atoms with Gasteiger partial charge in [-0.25, -0.2) is 0 Å². The fourth-order valence-electron chi connectivity index (χ4n) is 2.42. The highest BCUT2D eigenvalue weighted by Gasteiger charge is 2.30. The molecule has 0 atom stereocenters. The van der Waals surface area contributed by atoms with Gasteiger partial charge in [0.25, 0.3) is 0 Å². The lowest BCUT2D eigenvalue weighted by atomic mass is 9.80. The van der Waals surface area contributed by atoms with Gasteiger partial charge >= 0.3 is 0 Å². The number of rotatable bonds is 3. The predicted molar refractivity (Wildman–Crippen MR) is 72.5 cm³/mol. The normalized spacial score (nSPS) is 18.3. The highest BCUT2D eigenvalue weighted by molar-refractivity contribution is 6.33. The Bertz CT molecular complexity index is 430. The first kappa shape index (κ1) is 13.3. The van der Waals surface area contributed by atoms with E-state index < -0.39 is 0 Å². The van der Waals surface area contributed by atoms with Gasteiger partial charge < -0.3 is 11.1 Å². The van der Waals surface area contributed by atoms with E-state index in [4.69, 9.17) is 17.3 Å². The molecule has 18 heavy (non-hydrogen) atoms. The first-order valence-corrected chi connectivity index (χ1v) is 6.65. The lowest BCUT2D eigenvalue weighted by molar-refractivity contribution is -0.117. The molecule has 1 fully saturated rings. The molecule has 98 valence electrons. The van der Waals surface area contributed by atoms with Gasteiger partial charge in [-0.15, -0.1) is 0 Å². The van der Waals surface area contributed by atoms with Gasteiger partial charge in [-0.1, -0.05) is 30.9 Å². The van der Waals surface area contributed by atoms with Crippen LogP contribution >= 0.6 is 11.6 Å². The molecular weight excluding hydrogens is 250 g/mol. The summed E-state index contributed by atoms with van der Waals surface area (Å²) >= 11 is 5.96. The lowest BCUT2D eigenvalue weighted by Crippen LogP contribution is -2.44. The van der Waals surface area contributed by atoms with Crippen molar-refractivity contribution in [2.24, 2.45) is 5.73 Å². The molecule has 5 heteroatoms. The maximum absolute atomic E-state index is 12.0. The van der Waals surface area contributed by atoms with E-state index in [1.807, 2.05) is 0 Å². The predicted octanol–water partition coefficient (Wildman–Crippen LogP) is 2.73. The van der Waals surface area contributed by atoms with Gasteiger partial charge in [0.15, 0.2) is 0 Å². The summed E-state index contributed by atoms with van der Waals surface area (Å²) in [5.41, 5.74) is 6.44. The number of nitrogens with two attached hydrogens (primary N) is 1. The molecule has 0 aromatic carbocycles. The van der Waals surface area contributed by atoms with E-state index in [0.29, 0.717) is 17.1 Å². The average molecular weight is 268 g/mol. The van der Waals surface area contributed by atoms with Crippen molar-refractivity contribution in [3.05, 3.63) is 23.5 Å². The minimum atomic E-state index is -0.350. The van der Waals surface area contributed by atoms with Gasteiger partial charge in [-0.2, -0.15) is 0 Å². The molecule has 1 amide bonds. The molecule has 1 heterocycles. The summed E-state index contributed by atoms with van der Waals surface area (Å²) in [6.45, 7) is 0. The van der Waals surface area contributed by atoms with Crippen molar-refractivity contribution in [1.29, 1.82) is 0 Å². The van der Waals surface area contributed by atoms with E-state index in [1.165, 1.54) is 6.42 Å². The molecule has 0 saturated heterocycles. The number of hydrogen-bond acceptors (Lipinski definition) is 3. The summed E-state index contributed by atoms with van der Waals surface area (Å²) in [6.07, 6.45) is 8.75. The van der Waals surface area contributed by atoms with Crippen LogP contribution in [-0.4, -0.2) is 16.4 Å². The smallest absolute Gasteiger partial charge is 0.226 e. The number of hydrogen-bond donors (Lipinski definition) is 2. The number of pyridine rings is 1. The fourth-order valence-corrected chi connectivity index (χ4v) is 2.57. The minimum Gasteiger partial charge on any atom is -0.325 e. The topological polar surface area (TPSA) is 68.0 Å². The molecule has 1 aliphatic carbocycles. The van der Waals surface area contributed by atoms with Crippen molar-refractivity contribution in [3.8, 4) is 0 Å². The van der Waals surface area contributed by atoms with Crippen LogP contribution in [0, 0.1) is 0 Å². The van der Waals surface area contributed by atoms with Crippen LogP contribution in [0.1, 0.15) is 38.5 Å². The number of amides is 1. The van der Waals surface area contributed by atoms with Crippen LogP contribution in [0.4, 0.5) is 5.69 Å². The maximum Gasteiger partial charge on any atom is 0.226 e. The molecule has 1 aliphatic rings. The van der Waals surface area contributed by atoms with E-state index in [0.717, 1.165) is 25.7 Å². The summed E-state index contributed by atoms with van der Waals surface area (Å²) in [7, 11) is 0. The Morgan fingerprint density at radius 1 is 1.44 bits per heavy atom. The molecule has 3 N–H and O–H groups in total. The van der Waals surface area contributed by atoms with Gasteiger partial charge in [-0.05, 0) is 18.9 Å². The molecule has 0 unspecified atom stereocenters. The van der Waals surface area contributed by atoms with Gasteiger partial charge in [0, 0.05) is 18.2 Å². The van der Waals surface area contributed by atoms with E-state index in [1.54, 1.807) is 18.5 Å². The van der Waals surface area contributed by atoms with Crippen LogP contribution in [-0.2, 0) is 4.79 Å². The van der Waals surface area contributed by atoms with E-state index in [-0.39, 0.29) is 11.4 Å². The van der Waals surface area contributed by atoms with Crippen LogP contribution in [0.2, 0.25) is 5.02 Å².